The van der Waals surface area contributed by atoms with Crippen LogP contribution in [0.4, 0.5) is 4.39 Å². The van der Waals surface area contributed by atoms with Crippen LogP contribution in [0.5, 0.6) is 0 Å². The zero-order valence-electron chi connectivity index (χ0n) is 12.7. The number of amides is 1. The first-order valence-corrected chi connectivity index (χ1v) is 7.46. The minimum absolute atomic E-state index is 0.177. The summed E-state index contributed by atoms with van der Waals surface area (Å²) in [7, 11) is 0. The van der Waals surface area contributed by atoms with Crippen molar-refractivity contribution in [1.82, 2.24) is 4.90 Å². The lowest BCUT2D eigenvalue weighted by molar-refractivity contribution is -0.141. The highest BCUT2D eigenvalue weighted by Crippen LogP contribution is 2.32. The Bertz CT molecular complexity index is 480. The molecule has 3 heteroatoms. The third-order valence-corrected chi connectivity index (χ3v) is 4.19. The maximum absolute atomic E-state index is 13.3. The standard InChI is InChI=1S/C17H24FNO/c1-4-17(2,3)16(20)19(11-13-8-9-13)12-14-6-5-7-15(18)10-14/h5-7,10,13H,4,8-9,11-12H2,1-3H3. The van der Waals surface area contributed by atoms with E-state index < -0.39 is 0 Å². The summed E-state index contributed by atoms with van der Waals surface area (Å²) in [4.78, 5) is 14.6. The molecule has 1 amide bonds. The molecule has 1 aliphatic carbocycles. The van der Waals surface area contributed by atoms with Crippen LogP contribution < -0.4 is 0 Å². The maximum Gasteiger partial charge on any atom is 0.228 e. The number of halogens is 1. The topological polar surface area (TPSA) is 20.3 Å². The summed E-state index contributed by atoms with van der Waals surface area (Å²) in [6.07, 6.45) is 3.23. The van der Waals surface area contributed by atoms with E-state index in [9.17, 15) is 9.18 Å². The molecular weight excluding hydrogens is 253 g/mol. The lowest BCUT2D eigenvalue weighted by atomic mass is 9.88. The van der Waals surface area contributed by atoms with E-state index in [0.717, 1.165) is 18.5 Å². The zero-order valence-corrected chi connectivity index (χ0v) is 12.7. The second-order valence-corrected chi connectivity index (χ2v) is 6.50. The molecular formula is C17H24FNO. The largest absolute Gasteiger partial charge is 0.338 e. The minimum Gasteiger partial charge on any atom is -0.338 e. The Kier molecular flexibility index (Phi) is 4.46. The van der Waals surface area contributed by atoms with Crippen molar-refractivity contribution in [3.63, 3.8) is 0 Å². The van der Waals surface area contributed by atoms with Crippen molar-refractivity contribution in [3.8, 4) is 0 Å². The third-order valence-electron chi connectivity index (χ3n) is 4.19. The second-order valence-electron chi connectivity index (χ2n) is 6.50. The van der Waals surface area contributed by atoms with Gasteiger partial charge in [0.2, 0.25) is 5.91 Å². The van der Waals surface area contributed by atoms with Gasteiger partial charge in [0, 0.05) is 18.5 Å². The molecule has 20 heavy (non-hydrogen) atoms. The minimum atomic E-state index is -0.345. The van der Waals surface area contributed by atoms with E-state index in [1.165, 1.54) is 25.0 Å². The van der Waals surface area contributed by atoms with Gasteiger partial charge in [-0.25, -0.2) is 4.39 Å². The van der Waals surface area contributed by atoms with Crippen molar-refractivity contribution in [2.45, 2.75) is 46.6 Å². The molecule has 0 heterocycles. The molecule has 1 saturated carbocycles. The van der Waals surface area contributed by atoms with E-state index in [4.69, 9.17) is 0 Å². The number of hydrogen-bond donors (Lipinski definition) is 0. The summed E-state index contributed by atoms with van der Waals surface area (Å²) in [5, 5.41) is 0. The highest BCUT2D eigenvalue weighted by atomic mass is 19.1. The van der Waals surface area contributed by atoms with Crippen LogP contribution in [0.3, 0.4) is 0 Å². The molecule has 0 spiro atoms. The summed E-state index contributed by atoms with van der Waals surface area (Å²) < 4.78 is 13.3. The molecule has 2 nitrogen and oxygen atoms in total. The maximum atomic E-state index is 13.3. The highest BCUT2D eigenvalue weighted by Gasteiger charge is 2.33. The van der Waals surface area contributed by atoms with Gasteiger partial charge in [-0.15, -0.1) is 0 Å². The van der Waals surface area contributed by atoms with Crippen LogP contribution in [-0.4, -0.2) is 17.4 Å². The number of benzene rings is 1. The Balaban J connectivity index is 2.12. The Labute approximate surface area is 121 Å². The molecule has 1 aromatic rings. The smallest absolute Gasteiger partial charge is 0.228 e. The lowest BCUT2D eigenvalue weighted by Crippen LogP contribution is -2.41. The molecule has 0 aliphatic heterocycles. The molecule has 0 bridgehead atoms. The van der Waals surface area contributed by atoms with Crippen molar-refractivity contribution >= 4 is 5.91 Å². The van der Waals surface area contributed by atoms with Crippen molar-refractivity contribution in [1.29, 1.82) is 0 Å². The van der Waals surface area contributed by atoms with Crippen LogP contribution in [0.25, 0.3) is 0 Å². The summed E-state index contributed by atoms with van der Waals surface area (Å²) in [6.45, 7) is 7.33. The van der Waals surface area contributed by atoms with Crippen LogP contribution >= 0.6 is 0 Å². The number of nitrogens with zero attached hydrogens (tertiary/aromatic N) is 1. The molecule has 1 aromatic carbocycles. The van der Waals surface area contributed by atoms with Gasteiger partial charge in [0.1, 0.15) is 5.82 Å². The number of carbonyl (C=O) groups is 1. The predicted octanol–water partition coefficient (Wildman–Crippen LogP) is 4.00. The van der Waals surface area contributed by atoms with Gasteiger partial charge in [-0.3, -0.25) is 4.79 Å². The van der Waals surface area contributed by atoms with Crippen LogP contribution in [-0.2, 0) is 11.3 Å². The SMILES string of the molecule is CCC(C)(C)C(=O)N(Cc1cccc(F)c1)CC1CC1. The molecule has 0 N–H and O–H groups in total. The molecule has 0 unspecified atom stereocenters. The van der Waals surface area contributed by atoms with Crippen molar-refractivity contribution in [2.24, 2.45) is 11.3 Å². The first-order valence-electron chi connectivity index (χ1n) is 7.46. The summed E-state index contributed by atoms with van der Waals surface area (Å²) in [6, 6.07) is 6.54. The molecule has 2 rings (SSSR count). The van der Waals surface area contributed by atoms with Crippen molar-refractivity contribution < 1.29 is 9.18 Å². The molecule has 0 aromatic heterocycles. The lowest BCUT2D eigenvalue weighted by Gasteiger charge is -2.31. The van der Waals surface area contributed by atoms with Crippen LogP contribution in [0.1, 0.15) is 45.6 Å². The van der Waals surface area contributed by atoms with Gasteiger partial charge in [-0.05, 0) is 42.9 Å². The first kappa shape index (κ1) is 15.0. The fourth-order valence-corrected chi connectivity index (χ4v) is 2.27. The normalized spacial score (nSPS) is 15.2. The molecule has 1 fully saturated rings. The van der Waals surface area contributed by atoms with Gasteiger partial charge in [0.15, 0.2) is 0 Å². The van der Waals surface area contributed by atoms with E-state index >= 15 is 0 Å². The van der Waals surface area contributed by atoms with Gasteiger partial charge in [0.05, 0.1) is 0 Å². The van der Waals surface area contributed by atoms with Gasteiger partial charge in [-0.2, -0.15) is 0 Å². The molecule has 0 saturated heterocycles. The van der Waals surface area contributed by atoms with E-state index in [-0.39, 0.29) is 17.1 Å². The predicted molar refractivity (Wildman–Crippen MR) is 78.6 cm³/mol. The third kappa shape index (κ3) is 3.81. The van der Waals surface area contributed by atoms with Crippen LogP contribution in [0.2, 0.25) is 0 Å². The Morgan fingerprint density at radius 3 is 2.65 bits per heavy atom. The highest BCUT2D eigenvalue weighted by molar-refractivity contribution is 5.82. The second kappa shape index (κ2) is 5.94. The van der Waals surface area contributed by atoms with Gasteiger partial charge >= 0.3 is 0 Å². The molecule has 110 valence electrons. The van der Waals surface area contributed by atoms with Gasteiger partial charge in [-0.1, -0.05) is 32.9 Å². The first-order chi connectivity index (χ1) is 9.42. The Morgan fingerprint density at radius 2 is 2.10 bits per heavy atom. The average molecular weight is 277 g/mol. The zero-order chi connectivity index (χ0) is 14.8. The van der Waals surface area contributed by atoms with Gasteiger partial charge < -0.3 is 4.90 Å². The summed E-state index contributed by atoms with van der Waals surface area (Å²) >= 11 is 0. The average Bonchev–Trinajstić information content (AvgIpc) is 3.21. The van der Waals surface area contributed by atoms with Crippen LogP contribution in [0.15, 0.2) is 24.3 Å². The Morgan fingerprint density at radius 1 is 1.40 bits per heavy atom. The van der Waals surface area contributed by atoms with E-state index in [0.29, 0.717) is 12.5 Å². The van der Waals surface area contributed by atoms with Crippen LogP contribution in [0, 0.1) is 17.2 Å². The van der Waals surface area contributed by atoms with E-state index in [2.05, 4.69) is 0 Å². The fraction of sp³-hybridized carbons (Fsp3) is 0.588. The van der Waals surface area contributed by atoms with E-state index in [1.54, 1.807) is 6.07 Å². The summed E-state index contributed by atoms with van der Waals surface area (Å²) in [5.41, 5.74) is 0.522. The molecule has 0 atom stereocenters. The fourth-order valence-electron chi connectivity index (χ4n) is 2.27. The van der Waals surface area contributed by atoms with E-state index in [1.807, 2.05) is 31.7 Å². The number of rotatable bonds is 6. The van der Waals surface area contributed by atoms with Crippen molar-refractivity contribution in [3.05, 3.63) is 35.6 Å². The van der Waals surface area contributed by atoms with Gasteiger partial charge in [0.25, 0.3) is 0 Å². The quantitative estimate of drug-likeness (QED) is 0.769. The van der Waals surface area contributed by atoms with Crippen molar-refractivity contribution in [2.75, 3.05) is 6.54 Å². The summed E-state index contributed by atoms with van der Waals surface area (Å²) in [5.74, 6) is 0.576. The monoisotopic (exact) mass is 277 g/mol. The number of carbonyl (C=O) groups excluding carboxylic acids is 1. The molecule has 0 radical (unpaired) electrons. The molecule has 1 aliphatic rings. The number of hydrogen-bond acceptors (Lipinski definition) is 1. The Hall–Kier alpha value is -1.38.